The van der Waals surface area contributed by atoms with Crippen molar-refractivity contribution in [1.82, 2.24) is 14.6 Å². The van der Waals surface area contributed by atoms with Crippen molar-refractivity contribution in [2.75, 3.05) is 18.5 Å². The molecule has 0 aliphatic carbocycles. The van der Waals surface area contributed by atoms with Gasteiger partial charge in [-0.25, -0.2) is 4.52 Å². The molecule has 0 aromatic carbocycles. The molecule has 0 atom stereocenters. The molecule has 0 fully saturated rings. The minimum atomic E-state index is 0.316. The van der Waals surface area contributed by atoms with Crippen molar-refractivity contribution < 1.29 is 4.74 Å². The van der Waals surface area contributed by atoms with Crippen LogP contribution in [0.1, 0.15) is 32.4 Å². The summed E-state index contributed by atoms with van der Waals surface area (Å²) in [5.74, 6) is 0.694. The number of anilines is 1. The van der Waals surface area contributed by atoms with Gasteiger partial charge in [-0.05, 0) is 45.7 Å². The number of aromatic nitrogens is 3. The first-order chi connectivity index (χ1) is 9.16. The molecule has 0 saturated carbocycles. The van der Waals surface area contributed by atoms with Gasteiger partial charge in [-0.15, -0.1) is 5.10 Å². The Bertz CT molecular complexity index is 521. The maximum Gasteiger partial charge on any atom is 0.243 e. The first kappa shape index (κ1) is 13.8. The standard InChI is InChI=1S/C14H22N4O/c1-11(2)19-10-5-4-9-15-14-16-13-8-6-7-12(3)18(13)17-14/h6-8,11H,4-5,9-10H2,1-3H3,(H,15,17). The fraction of sp³-hybridized carbons (Fsp3) is 0.571. The average molecular weight is 262 g/mol. The molecule has 0 radical (unpaired) electrons. The Hall–Kier alpha value is -1.62. The monoisotopic (exact) mass is 262 g/mol. The molecule has 0 spiro atoms. The van der Waals surface area contributed by atoms with Crippen LogP contribution >= 0.6 is 0 Å². The fourth-order valence-corrected chi connectivity index (χ4v) is 1.86. The summed E-state index contributed by atoms with van der Waals surface area (Å²) in [7, 11) is 0. The van der Waals surface area contributed by atoms with Crippen molar-refractivity contribution in [3.05, 3.63) is 23.9 Å². The van der Waals surface area contributed by atoms with Crippen molar-refractivity contribution in [1.29, 1.82) is 0 Å². The molecule has 0 amide bonds. The van der Waals surface area contributed by atoms with Gasteiger partial charge >= 0.3 is 0 Å². The van der Waals surface area contributed by atoms with Gasteiger partial charge < -0.3 is 10.1 Å². The maximum absolute atomic E-state index is 5.49. The number of ether oxygens (including phenoxy) is 1. The van der Waals surface area contributed by atoms with Crippen LogP contribution in [0.3, 0.4) is 0 Å². The zero-order chi connectivity index (χ0) is 13.7. The second-order valence-corrected chi connectivity index (χ2v) is 4.93. The van der Waals surface area contributed by atoms with Crippen LogP contribution in [-0.4, -0.2) is 33.9 Å². The van der Waals surface area contributed by atoms with Gasteiger partial charge in [0.15, 0.2) is 5.65 Å². The molecule has 5 heteroatoms. The van der Waals surface area contributed by atoms with Gasteiger partial charge in [0.05, 0.1) is 6.10 Å². The Labute approximate surface area is 114 Å². The highest BCUT2D eigenvalue weighted by Gasteiger charge is 2.03. The van der Waals surface area contributed by atoms with Crippen molar-refractivity contribution >= 4 is 11.6 Å². The average Bonchev–Trinajstić information content (AvgIpc) is 2.78. The number of unbranched alkanes of at least 4 members (excludes halogenated alkanes) is 1. The van der Waals surface area contributed by atoms with E-state index in [1.807, 2.05) is 29.6 Å². The van der Waals surface area contributed by atoms with Crippen LogP contribution in [0.25, 0.3) is 5.65 Å². The number of nitrogens with zero attached hydrogens (tertiary/aromatic N) is 3. The van der Waals surface area contributed by atoms with E-state index in [-0.39, 0.29) is 0 Å². The molecule has 104 valence electrons. The van der Waals surface area contributed by atoms with E-state index in [1.54, 1.807) is 0 Å². The number of hydrogen-bond acceptors (Lipinski definition) is 4. The Morgan fingerprint density at radius 3 is 2.89 bits per heavy atom. The summed E-state index contributed by atoms with van der Waals surface area (Å²) in [6.07, 6.45) is 2.43. The predicted octanol–water partition coefficient (Wildman–Crippen LogP) is 2.65. The van der Waals surface area contributed by atoms with Crippen LogP contribution in [0.15, 0.2) is 18.2 Å². The molecule has 0 aliphatic rings. The third-order valence-electron chi connectivity index (χ3n) is 2.85. The zero-order valence-electron chi connectivity index (χ0n) is 11.9. The minimum Gasteiger partial charge on any atom is -0.379 e. The third-order valence-corrected chi connectivity index (χ3v) is 2.85. The molecule has 0 saturated heterocycles. The van der Waals surface area contributed by atoms with Crippen molar-refractivity contribution in [2.24, 2.45) is 0 Å². The summed E-state index contributed by atoms with van der Waals surface area (Å²) in [6.45, 7) is 7.82. The van der Waals surface area contributed by atoms with E-state index in [4.69, 9.17) is 4.74 Å². The Morgan fingerprint density at radius 1 is 1.32 bits per heavy atom. The highest BCUT2D eigenvalue weighted by atomic mass is 16.5. The maximum atomic E-state index is 5.49. The quantitative estimate of drug-likeness (QED) is 0.779. The lowest BCUT2D eigenvalue weighted by molar-refractivity contribution is 0.0765. The second-order valence-electron chi connectivity index (χ2n) is 4.93. The van der Waals surface area contributed by atoms with E-state index >= 15 is 0 Å². The lowest BCUT2D eigenvalue weighted by atomic mass is 10.3. The molecular weight excluding hydrogens is 240 g/mol. The normalized spacial score (nSPS) is 11.4. The van der Waals surface area contributed by atoms with Crippen LogP contribution in [0.4, 0.5) is 5.95 Å². The predicted molar refractivity (Wildman–Crippen MR) is 76.5 cm³/mol. The zero-order valence-corrected chi connectivity index (χ0v) is 11.9. The van der Waals surface area contributed by atoms with E-state index < -0.39 is 0 Å². The second kappa shape index (κ2) is 6.52. The topological polar surface area (TPSA) is 51.5 Å². The highest BCUT2D eigenvalue weighted by Crippen LogP contribution is 2.08. The van der Waals surface area contributed by atoms with Crippen molar-refractivity contribution in [3.8, 4) is 0 Å². The molecule has 2 aromatic heterocycles. The fourth-order valence-electron chi connectivity index (χ4n) is 1.86. The van der Waals surface area contributed by atoms with Crippen LogP contribution in [-0.2, 0) is 4.74 Å². The minimum absolute atomic E-state index is 0.316. The van der Waals surface area contributed by atoms with Gasteiger partial charge in [-0.3, -0.25) is 0 Å². The van der Waals surface area contributed by atoms with Crippen molar-refractivity contribution in [3.63, 3.8) is 0 Å². The SMILES string of the molecule is Cc1cccc2nc(NCCCCOC(C)C)nn12. The van der Waals surface area contributed by atoms with Gasteiger partial charge in [-0.2, -0.15) is 4.98 Å². The third kappa shape index (κ3) is 3.92. The first-order valence-corrected chi connectivity index (χ1v) is 6.84. The number of pyridine rings is 1. The van der Waals surface area contributed by atoms with Crippen LogP contribution in [0.2, 0.25) is 0 Å². The summed E-state index contributed by atoms with van der Waals surface area (Å²) >= 11 is 0. The van der Waals surface area contributed by atoms with E-state index in [2.05, 4.69) is 29.2 Å². The molecule has 0 unspecified atom stereocenters. The van der Waals surface area contributed by atoms with Crippen molar-refractivity contribution in [2.45, 2.75) is 39.7 Å². The lowest BCUT2D eigenvalue weighted by Gasteiger charge is -2.06. The van der Waals surface area contributed by atoms with E-state index in [9.17, 15) is 0 Å². The highest BCUT2D eigenvalue weighted by molar-refractivity contribution is 5.44. The molecule has 2 rings (SSSR count). The molecule has 19 heavy (non-hydrogen) atoms. The van der Waals surface area contributed by atoms with Crippen LogP contribution in [0.5, 0.6) is 0 Å². The Balaban J connectivity index is 1.77. The molecule has 1 N–H and O–H groups in total. The molecule has 0 aliphatic heterocycles. The van der Waals surface area contributed by atoms with E-state index in [0.29, 0.717) is 12.1 Å². The molecule has 5 nitrogen and oxygen atoms in total. The van der Waals surface area contributed by atoms with E-state index in [1.165, 1.54) is 0 Å². The number of hydrogen-bond donors (Lipinski definition) is 1. The van der Waals surface area contributed by atoms with E-state index in [0.717, 1.165) is 37.3 Å². The van der Waals surface area contributed by atoms with Gasteiger partial charge in [-0.1, -0.05) is 6.07 Å². The number of rotatable bonds is 7. The van der Waals surface area contributed by atoms with Crippen LogP contribution < -0.4 is 5.32 Å². The van der Waals surface area contributed by atoms with Gasteiger partial charge in [0, 0.05) is 18.8 Å². The first-order valence-electron chi connectivity index (χ1n) is 6.84. The lowest BCUT2D eigenvalue weighted by Crippen LogP contribution is -2.07. The molecule has 2 aromatic rings. The summed E-state index contributed by atoms with van der Waals surface area (Å²) in [6, 6.07) is 5.97. The van der Waals surface area contributed by atoms with Gasteiger partial charge in [0.1, 0.15) is 0 Å². The smallest absolute Gasteiger partial charge is 0.243 e. The van der Waals surface area contributed by atoms with Gasteiger partial charge in [0.2, 0.25) is 5.95 Å². The van der Waals surface area contributed by atoms with Crippen LogP contribution in [0, 0.1) is 6.92 Å². The molecular formula is C14H22N4O. The number of nitrogens with one attached hydrogen (secondary N) is 1. The number of aryl methyl sites for hydroxylation is 1. The summed E-state index contributed by atoms with van der Waals surface area (Å²) < 4.78 is 7.35. The molecule has 2 heterocycles. The Morgan fingerprint density at radius 2 is 2.16 bits per heavy atom. The summed E-state index contributed by atoms with van der Waals surface area (Å²) in [5, 5.41) is 7.67. The summed E-state index contributed by atoms with van der Waals surface area (Å²) in [4.78, 5) is 4.43. The largest absolute Gasteiger partial charge is 0.379 e. The Kier molecular flexibility index (Phi) is 4.74. The molecule has 0 bridgehead atoms. The van der Waals surface area contributed by atoms with Gasteiger partial charge in [0.25, 0.3) is 0 Å². The summed E-state index contributed by atoms with van der Waals surface area (Å²) in [5.41, 5.74) is 1.97. The number of fused-ring (bicyclic) bond motifs is 1.